The predicted octanol–water partition coefficient (Wildman–Crippen LogP) is 1.41. The van der Waals surface area contributed by atoms with Crippen molar-refractivity contribution in [3.63, 3.8) is 0 Å². The molecule has 0 N–H and O–H groups in total. The molecule has 16 heavy (non-hydrogen) atoms. The topological polar surface area (TPSA) is 51.0 Å². The van der Waals surface area contributed by atoms with Gasteiger partial charge >= 0.3 is 6.03 Å². The lowest BCUT2D eigenvalue weighted by molar-refractivity contribution is 0.210. The number of fused-ring (bicyclic) bond motifs is 1. The van der Waals surface area contributed by atoms with Crippen molar-refractivity contribution in [1.82, 2.24) is 19.9 Å². The van der Waals surface area contributed by atoms with E-state index in [0.717, 1.165) is 29.2 Å². The second-order valence-corrected chi connectivity index (χ2v) is 4.65. The molecule has 0 aliphatic carbocycles. The van der Waals surface area contributed by atoms with E-state index in [9.17, 15) is 4.79 Å². The van der Waals surface area contributed by atoms with E-state index in [1.807, 2.05) is 24.3 Å². The van der Waals surface area contributed by atoms with Gasteiger partial charge in [0.15, 0.2) is 0 Å². The van der Waals surface area contributed by atoms with Crippen molar-refractivity contribution in [2.45, 2.75) is 0 Å². The van der Waals surface area contributed by atoms with Gasteiger partial charge in [-0.2, -0.15) is 4.68 Å². The van der Waals surface area contributed by atoms with E-state index in [4.69, 9.17) is 0 Å². The SMILES string of the molecule is O=C(N1CCSC1)n1nnc2ccccc21. The predicted molar refractivity (Wildman–Crippen MR) is 62.4 cm³/mol. The van der Waals surface area contributed by atoms with Crippen molar-refractivity contribution >= 4 is 28.8 Å². The van der Waals surface area contributed by atoms with Crippen molar-refractivity contribution in [2.24, 2.45) is 0 Å². The summed E-state index contributed by atoms with van der Waals surface area (Å²) in [5, 5.41) is 7.88. The van der Waals surface area contributed by atoms with Crippen molar-refractivity contribution in [3.8, 4) is 0 Å². The lowest BCUT2D eigenvalue weighted by Gasteiger charge is -2.13. The Hall–Kier alpha value is -1.56. The third-order valence-corrected chi connectivity index (χ3v) is 3.52. The van der Waals surface area contributed by atoms with Gasteiger partial charge in [-0.15, -0.1) is 16.9 Å². The molecule has 0 bridgehead atoms. The number of nitrogens with zero attached hydrogens (tertiary/aromatic N) is 4. The van der Waals surface area contributed by atoms with Crippen molar-refractivity contribution < 1.29 is 4.79 Å². The summed E-state index contributed by atoms with van der Waals surface area (Å²) in [6.45, 7) is 0.789. The van der Waals surface area contributed by atoms with Crippen molar-refractivity contribution in [2.75, 3.05) is 18.2 Å². The van der Waals surface area contributed by atoms with E-state index in [0.29, 0.717) is 0 Å². The highest BCUT2D eigenvalue weighted by atomic mass is 32.2. The summed E-state index contributed by atoms with van der Waals surface area (Å²) in [6, 6.07) is 7.39. The smallest absolute Gasteiger partial charge is 0.313 e. The first-order valence-corrected chi connectivity index (χ1v) is 6.19. The number of thioether (sulfide) groups is 1. The van der Waals surface area contributed by atoms with Gasteiger partial charge in [0.1, 0.15) is 5.52 Å². The number of benzene rings is 1. The number of rotatable bonds is 0. The van der Waals surface area contributed by atoms with Crippen LogP contribution >= 0.6 is 11.8 Å². The number of carbonyl (C=O) groups excluding carboxylic acids is 1. The first-order chi connectivity index (χ1) is 7.86. The Bertz CT molecular complexity index is 532. The number of hydrogen-bond donors (Lipinski definition) is 0. The Morgan fingerprint density at radius 1 is 1.38 bits per heavy atom. The summed E-state index contributed by atoms with van der Waals surface area (Å²) < 4.78 is 1.38. The molecule has 5 nitrogen and oxygen atoms in total. The molecule has 1 amide bonds. The normalized spacial score (nSPS) is 15.9. The minimum atomic E-state index is -0.0845. The van der Waals surface area contributed by atoms with Gasteiger partial charge in [0, 0.05) is 12.3 Å². The molecule has 0 saturated carbocycles. The molecule has 3 rings (SSSR count). The molecule has 6 heteroatoms. The Morgan fingerprint density at radius 3 is 3.06 bits per heavy atom. The van der Waals surface area contributed by atoms with E-state index in [2.05, 4.69) is 10.3 Å². The Kier molecular flexibility index (Phi) is 2.28. The number of amides is 1. The molecule has 0 radical (unpaired) electrons. The fourth-order valence-corrected chi connectivity index (χ4v) is 2.65. The molecule has 0 atom stereocenters. The van der Waals surface area contributed by atoms with Gasteiger partial charge < -0.3 is 4.90 Å². The Balaban J connectivity index is 2.02. The number of para-hydroxylation sites is 1. The highest BCUT2D eigenvalue weighted by molar-refractivity contribution is 7.99. The molecular weight excluding hydrogens is 224 g/mol. The quantitative estimate of drug-likeness (QED) is 0.691. The van der Waals surface area contributed by atoms with Crippen LogP contribution in [0, 0.1) is 0 Å². The second kappa shape index (κ2) is 3.79. The van der Waals surface area contributed by atoms with E-state index >= 15 is 0 Å². The van der Waals surface area contributed by atoms with Gasteiger partial charge in [0.25, 0.3) is 0 Å². The zero-order chi connectivity index (χ0) is 11.0. The standard InChI is InChI=1S/C10H10N4OS/c15-10(13-5-6-16-7-13)14-9-4-2-1-3-8(9)11-12-14/h1-4H,5-7H2. The Labute approximate surface area is 96.4 Å². The van der Waals surface area contributed by atoms with E-state index in [1.165, 1.54) is 4.68 Å². The van der Waals surface area contributed by atoms with E-state index < -0.39 is 0 Å². The van der Waals surface area contributed by atoms with Crippen LogP contribution in [-0.2, 0) is 0 Å². The number of aromatic nitrogens is 3. The molecule has 1 saturated heterocycles. The third kappa shape index (κ3) is 1.46. The van der Waals surface area contributed by atoms with Crippen molar-refractivity contribution in [1.29, 1.82) is 0 Å². The highest BCUT2D eigenvalue weighted by Gasteiger charge is 2.22. The maximum atomic E-state index is 12.1. The van der Waals surface area contributed by atoms with Gasteiger partial charge in [-0.3, -0.25) is 0 Å². The molecule has 0 spiro atoms. The fraction of sp³-hybridized carbons (Fsp3) is 0.300. The largest absolute Gasteiger partial charge is 0.347 e. The van der Waals surface area contributed by atoms with Crippen LogP contribution in [-0.4, -0.2) is 44.1 Å². The average Bonchev–Trinajstić information content (AvgIpc) is 2.98. The van der Waals surface area contributed by atoms with Crippen molar-refractivity contribution in [3.05, 3.63) is 24.3 Å². The molecule has 1 aromatic heterocycles. The summed E-state index contributed by atoms with van der Waals surface area (Å²) >= 11 is 1.76. The summed E-state index contributed by atoms with van der Waals surface area (Å²) in [6.07, 6.45) is 0. The van der Waals surface area contributed by atoms with Gasteiger partial charge in [-0.1, -0.05) is 17.3 Å². The minimum Gasteiger partial charge on any atom is -0.313 e. The molecule has 1 aliphatic heterocycles. The van der Waals surface area contributed by atoms with Gasteiger partial charge in [-0.25, -0.2) is 4.79 Å². The molecule has 0 unspecified atom stereocenters. The molecular formula is C10H10N4OS. The van der Waals surface area contributed by atoms with Crippen LogP contribution in [0.4, 0.5) is 4.79 Å². The number of carbonyl (C=O) groups is 1. The summed E-state index contributed by atoms with van der Waals surface area (Å²) in [4.78, 5) is 13.9. The molecule has 2 heterocycles. The highest BCUT2D eigenvalue weighted by Crippen LogP contribution is 2.16. The van der Waals surface area contributed by atoms with Crippen LogP contribution in [0.25, 0.3) is 11.0 Å². The molecule has 1 aliphatic rings. The van der Waals surface area contributed by atoms with Crippen LogP contribution < -0.4 is 0 Å². The minimum absolute atomic E-state index is 0.0845. The zero-order valence-corrected chi connectivity index (χ0v) is 9.35. The molecule has 1 aromatic carbocycles. The van der Waals surface area contributed by atoms with Crippen LogP contribution in [0.3, 0.4) is 0 Å². The molecule has 82 valence electrons. The van der Waals surface area contributed by atoms with Crippen LogP contribution in [0.15, 0.2) is 24.3 Å². The maximum absolute atomic E-state index is 12.1. The number of hydrogen-bond acceptors (Lipinski definition) is 4. The second-order valence-electron chi connectivity index (χ2n) is 3.57. The first-order valence-electron chi connectivity index (χ1n) is 5.04. The maximum Gasteiger partial charge on any atom is 0.347 e. The van der Waals surface area contributed by atoms with E-state index in [-0.39, 0.29) is 6.03 Å². The summed E-state index contributed by atoms with van der Waals surface area (Å²) in [5.74, 6) is 1.74. The fourth-order valence-electron chi connectivity index (χ4n) is 1.71. The molecule has 2 aromatic rings. The van der Waals surface area contributed by atoms with Gasteiger partial charge in [-0.05, 0) is 12.1 Å². The lowest BCUT2D eigenvalue weighted by atomic mass is 10.3. The van der Waals surface area contributed by atoms with Crippen LogP contribution in [0.5, 0.6) is 0 Å². The first kappa shape index (κ1) is 9.65. The summed E-state index contributed by atoms with van der Waals surface area (Å²) in [7, 11) is 0. The van der Waals surface area contributed by atoms with E-state index in [1.54, 1.807) is 16.7 Å². The third-order valence-electron chi connectivity index (χ3n) is 2.56. The Morgan fingerprint density at radius 2 is 2.25 bits per heavy atom. The van der Waals surface area contributed by atoms with Gasteiger partial charge in [0.2, 0.25) is 0 Å². The van der Waals surface area contributed by atoms with Crippen LogP contribution in [0.2, 0.25) is 0 Å². The zero-order valence-electron chi connectivity index (χ0n) is 8.54. The monoisotopic (exact) mass is 234 g/mol. The van der Waals surface area contributed by atoms with Gasteiger partial charge in [0.05, 0.1) is 11.4 Å². The molecule has 1 fully saturated rings. The lowest BCUT2D eigenvalue weighted by Crippen LogP contribution is -2.32. The average molecular weight is 234 g/mol. The van der Waals surface area contributed by atoms with Crippen LogP contribution in [0.1, 0.15) is 0 Å². The summed E-state index contributed by atoms with van der Waals surface area (Å²) in [5.41, 5.74) is 1.52.